The molecule has 3 heterocycles. The van der Waals surface area contributed by atoms with Gasteiger partial charge in [-0.25, -0.2) is 17.7 Å². The van der Waals surface area contributed by atoms with Gasteiger partial charge in [-0.3, -0.25) is 9.89 Å². The maximum atomic E-state index is 13.4. The van der Waals surface area contributed by atoms with Crippen LogP contribution in [0.1, 0.15) is 38.1 Å². The number of aryl methyl sites for hydroxylation is 1. The number of sulfonamides is 1. The average Bonchev–Trinajstić information content (AvgIpc) is 3.34. The molecule has 0 spiro atoms. The van der Waals surface area contributed by atoms with Gasteiger partial charge in [0, 0.05) is 32.2 Å². The van der Waals surface area contributed by atoms with Gasteiger partial charge in [0.05, 0.1) is 33.2 Å². The summed E-state index contributed by atoms with van der Waals surface area (Å²) in [4.78, 5) is 14.0. The molecule has 2 fully saturated rings. The fourth-order valence-corrected chi connectivity index (χ4v) is 6.66. The number of thiazole rings is 1. The first-order valence-corrected chi connectivity index (χ1v) is 13.2. The first-order chi connectivity index (χ1) is 14.5. The Morgan fingerprint density at radius 3 is 2.47 bits per heavy atom. The second-order valence-electron chi connectivity index (χ2n) is 7.73. The number of aliphatic imine (C=N–C) groups is 1. The highest BCUT2D eigenvalue weighted by Crippen LogP contribution is 2.29. The van der Waals surface area contributed by atoms with E-state index in [1.165, 1.54) is 34.9 Å². The van der Waals surface area contributed by atoms with Crippen molar-refractivity contribution >= 4 is 37.5 Å². The fourth-order valence-electron chi connectivity index (χ4n) is 4.25. The monoisotopic (exact) mass is 449 g/mol. The molecule has 1 aromatic heterocycles. The van der Waals surface area contributed by atoms with Crippen molar-refractivity contribution in [2.45, 2.75) is 51.0 Å². The molecule has 0 amide bonds. The van der Waals surface area contributed by atoms with Crippen LogP contribution in [0.25, 0.3) is 10.2 Å². The molecule has 7 nitrogen and oxygen atoms in total. The number of rotatable bonds is 3. The maximum absolute atomic E-state index is 13.4. The van der Waals surface area contributed by atoms with Gasteiger partial charge < -0.3 is 4.90 Å². The van der Waals surface area contributed by atoms with Gasteiger partial charge in [0.25, 0.3) is 10.0 Å². The van der Waals surface area contributed by atoms with Crippen LogP contribution in [-0.2, 0) is 10.0 Å². The van der Waals surface area contributed by atoms with Gasteiger partial charge in [0.2, 0.25) is 5.96 Å². The molecule has 1 aliphatic carbocycles. The molecule has 9 heteroatoms. The number of aromatic nitrogens is 1. The number of hydrogen-bond donors (Lipinski definition) is 0. The van der Waals surface area contributed by atoms with Crippen LogP contribution in [0.3, 0.4) is 0 Å². The third kappa shape index (κ3) is 3.94. The van der Waals surface area contributed by atoms with Crippen LogP contribution in [0.15, 0.2) is 28.1 Å². The Hall–Kier alpha value is -1.71. The van der Waals surface area contributed by atoms with E-state index in [4.69, 9.17) is 0 Å². The van der Waals surface area contributed by atoms with Crippen molar-refractivity contribution in [2.75, 3.05) is 39.3 Å². The Kier molecular flexibility index (Phi) is 6.31. The number of piperazine rings is 1. The lowest BCUT2D eigenvalue weighted by Crippen LogP contribution is -2.56. The summed E-state index contributed by atoms with van der Waals surface area (Å²) < 4.78 is 29.1. The third-order valence-electron chi connectivity index (χ3n) is 6.02. The Morgan fingerprint density at radius 1 is 1.07 bits per heavy atom. The van der Waals surface area contributed by atoms with E-state index in [1.807, 2.05) is 20.8 Å². The van der Waals surface area contributed by atoms with Crippen LogP contribution >= 0.6 is 11.3 Å². The van der Waals surface area contributed by atoms with Crippen molar-refractivity contribution in [2.24, 2.45) is 4.99 Å². The summed E-state index contributed by atoms with van der Waals surface area (Å²) in [6.07, 6.45) is 3.95. The largest absolute Gasteiger partial charge is 0.339 e. The summed E-state index contributed by atoms with van der Waals surface area (Å²) in [5.41, 5.74) is 0.851. The predicted octanol–water partition coefficient (Wildman–Crippen LogP) is 3.16. The zero-order valence-corrected chi connectivity index (χ0v) is 19.7. The van der Waals surface area contributed by atoms with Gasteiger partial charge >= 0.3 is 0 Å². The van der Waals surface area contributed by atoms with Crippen LogP contribution in [0.2, 0.25) is 0 Å². The summed E-state index contributed by atoms with van der Waals surface area (Å²) in [6, 6.07) is 5.96. The minimum atomic E-state index is -3.62. The van der Waals surface area contributed by atoms with Crippen LogP contribution in [0.4, 0.5) is 0 Å². The van der Waals surface area contributed by atoms with Crippen LogP contribution < -0.4 is 0 Å². The molecule has 0 unspecified atom stereocenters. The molecule has 0 atom stereocenters. The highest BCUT2D eigenvalue weighted by molar-refractivity contribution is 7.89. The molecule has 1 saturated carbocycles. The summed E-state index contributed by atoms with van der Waals surface area (Å²) >= 11 is 1.52. The molecule has 0 radical (unpaired) electrons. The van der Waals surface area contributed by atoms with E-state index in [-0.39, 0.29) is 0 Å². The predicted molar refractivity (Wildman–Crippen MR) is 123 cm³/mol. The lowest BCUT2D eigenvalue weighted by atomic mass is 9.91. The standard InChI is InChI=1S/C19H25N5O2S2.C2H6/c1-14-21-17-6-5-16(13-18(17)27-14)28(25,26)24-8-7-20-19(24)23-11-9-22(10-12-23)15-3-2-4-15;1-2/h5-6,13,15H,2-4,7-12H2,1H3;1-2H3. The summed E-state index contributed by atoms with van der Waals surface area (Å²) in [6.45, 7) is 10.5. The van der Waals surface area contributed by atoms with Crippen molar-refractivity contribution < 1.29 is 8.42 Å². The number of hydrogen-bond acceptors (Lipinski definition) is 7. The lowest BCUT2D eigenvalue weighted by molar-refractivity contribution is 0.0833. The van der Waals surface area contributed by atoms with Gasteiger partial charge in [0.1, 0.15) is 0 Å². The van der Waals surface area contributed by atoms with E-state index in [2.05, 4.69) is 19.8 Å². The molecule has 1 saturated heterocycles. The van der Waals surface area contributed by atoms with E-state index in [0.717, 1.165) is 47.4 Å². The minimum Gasteiger partial charge on any atom is -0.339 e. The molecular weight excluding hydrogens is 418 g/mol. The quantitative estimate of drug-likeness (QED) is 0.720. The zero-order chi connectivity index (χ0) is 21.3. The second kappa shape index (κ2) is 8.80. The molecule has 0 bridgehead atoms. The lowest BCUT2D eigenvalue weighted by Gasteiger charge is -2.44. The van der Waals surface area contributed by atoms with E-state index in [1.54, 1.807) is 18.2 Å². The van der Waals surface area contributed by atoms with Crippen molar-refractivity contribution in [3.63, 3.8) is 0 Å². The molecular formula is C21H31N5O2S2. The summed E-state index contributed by atoms with van der Waals surface area (Å²) in [7, 11) is -3.62. The topological polar surface area (TPSA) is 69.1 Å². The molecule has 0 N–H and O–H groups in total. The number of fused-ring (bicyclic) bond motifs is 1. The van der Waals surface area contributed by atoms with Gasteiger partial charge in [-0.15, -0.1) is 11.3 Å². The smallest absolute Gasteiger partial charge is 0.266 e. The fraction of sp³-hybridized carbons (Fsp3) is 0.619. The molecule has 2 aromatic rings. The first-order valence-electron chi connectivity index (χ1n) is 11.0. The van der Waals surface area contributed by atoms with Gasteiger partial charge in [-0.2, -0.15) is 0 Å². The Bertz CT molecular complexity index is 1020. The van der Waals surface area contributed by atoms with Crippen molar-refractivity contribution in [1.82, 2.24) is 19.1 Å². The second-order valence-corrected chi connectivity index (χ2v) is 10.8. The van der Waals surface area contributed by atoms with E-state index in [9.17, 15) is 8.42 Å². The minimum absolute atomic E-state index is 0.325. The zero-order valence-electron chi connectivity index (χ0n) is 18.0. The molecule has 164 valence electrons. The van der Waals surface area contributed by atoms with E-state index >= 15 is 0 Å². The van der Waals surface area contributed by atoms with Crippen molar-refractivity contribution in [3.05, 3.63) is 23.2 Å². The molecule has 2 aliphatic heterocycles. The average molecular weight is 450 g/mol. The molecule has 5 rings (SSSR count). The van der Waals surface area contributed by atoms with Crippen molar-refractivity contribution in [3.8, 4) is 0 Å². The van der Waals surface area contributed by atoms with Crippen LogP contribution in [0.5, 0.6) is 0 Å². The number of nitrogens with zero attached hydrogens (tertiary/aromatic N) is 5. The van der Waals surface area contributed by atoms with Gasteiger partial charge in [0.15, 0.2) is 0 Å². The van der Waals surface area contributed by atoms with Gasteiger partial charge in [-0.1, -0.05) is 20.3 Å². The first kappa shape index (κ1) is 21.5. The van der Waals surface area contributed by atoms with Gasteiger partial charge in [-0.05, 0) is 38.0 Å². The van der Waals surface area contributed by atoms with Crippen molar-refractivity contribution in [1.29, 1.82) is 0 Å². The highest BCUT2D eigenvalue weighted by Gasteiger charge is 2.36. The Balaban J connectivity index is 0.00000106. The Morgan fingerprint density at radius 2 is 1.80 bits per heavy atom. The van der Waals surface area contributed by atoms with Crippen LogP contribution in [0, 0.1) is 6.92 Å². The summed E-state index contributed by atoms with van der Waals surface area (Å²) in [5, 5.41) is 0.942. The number of guanidine groups is 1. The highest BCUT2D eigenvalue weighted by atomic mass is 32.2. The van der Waals surface area contributed by atoms with E-state index in [0.29, 0.717) is 23.9 Å². The number of benzene rings is 1. The SMILES string of the molecule is CC.Cc1nc2ccc(S(=O)(=O)N3CCN=C3N3CCN(C4CCC4)CC3)cc2s1. The maximum Gasteiger partial charge on any atom is 0.266 e. The molecule has 30 heavy (non-hydrogen) atoms. The van der Waals surface area contributed by atoms with E-state index < -0.39 is 10.0 Å². The third-order valence-corrected chi connectivity index (χ3v) is 8.73. The summed E-state index contributed by atoms with van der Waals surface area (Å²) in [5.74, 6) is 0.619. The molecule has 1 aromatic carbocycles. The Labute approximate surface area is 183 Å². The van der Waals surface area contributed by atoms with Crippen LogP contribution in [-0.4, -0.2) is 78.8 Å². The normalized spacial score (nSPS) is 20.7. The molecule has 3 aliphatic rings.